The summed E-state index contributed by atoms with van der Waals surface area (Å²) in [6.07, 6.45) is 2.25. The van der Waals surface area contributed by atoms with Crippen LogP contribution in [-0.4, -0.2) is 19.5 Å². The van der Waals surface area contributed by atoms with Crippen LogP contribution >= 0.6 is 0 Å². The summed E-state index contributed by atoms with van der Waals surface area (Å²) >= 11 is 0. The van der Waals surface area contributed by atoms with Crippen molar-refractivity contribution in [1.82, 2.24) is 0 Å². The molecule has 0 radical (unpaired) electrons. The largest absolute Gasteiger partial charge is 0.805 e. The molecule has 0 aromatic heterocycles. The summed E-state index contributed by atoms with van der Waals surface area (Å²) in [7, 11) is -1.26. The average Bonchev–Trinajstić information content (AvgIpc) is 1.93. The van der Waals surface area contributed by atoms with Gasteiger partial charge in [-0.2, -0.15) is 10.5 Å². The van der Waals surface area contributed by atoms with Gasteiger partial charge in [-0.05, 0) is 0 Å². The lowest BCUT2D eigenvalue weighted by Crippen LogP contribution is -2.16. The van der Waals surface area contributed by atoms with Crippen molar-refractivity contribution < 1.29 is 18.7 Å². The minimum absolute atomic E-state index is 0.500. The zero-order valence-corrected chi connectivity index (χ0v) is 5.11. The molecule has 0 amide bonds. The van der Waals surface area contributed by atoms with Crippen LogP contribution in [0, 0.1) is 23.0 Å². The maximum atomic E-state index is 9.50. The fourth-order valence-corrected chi connectivity index (χ4v) is 0.114. The van der Waals surface area contributed by atoms with Gasteiger partial charge in [-0.15, -0.1) is 0 Å². The predicted octanol–water partition coefficient (Wildman–Crippen LogP) is -0.455. The maximum absolute atomic E-state index is 9.50. The first-order valence-corrected chi connectivity index (χ1v) is 1.96. The molecule has 0 aliphatic heterocycles. The van der Waals surface area contributed by atoms with E-state index in [0.717, 1.165) is 12.5 Å². The van der Waals surface area contributed by atoms with E-state index in [1.807, 2.05) is 0 Å². The SMILES string of the molecule is CF.N#COB(O)OC#N. The Hall–Kier alpha value is -1.47. The van der Waals surface area contributed by atoms with Crippen LogP contribution in [0.2, 0.25) is 0 Å². The van der Waals surface area contributed by atoms with Gasteiger partial charge in [0.2, 0.25) is 0 Å². The van der Waals surface area contributed by atoms with Gasteiger partial charge in [-0.1, -0.05) is 0 Å². The van der Waals surface area contributed by atoms with Crippen molar-refractivity contribution in [2.75, 3.05) is 7.18 Å². The van der Waals surface area contributed by atoms with Crippen molar-refractivity contribution >= 4 is 7.32 Å². The summed E-state index contributed by atoms with van der Waals surface area (Å²) in [5.74, 6) is 0. The van der Waals surface area contributed by atoms with Crippen LogP contribution < -0.4 is 0 Å². The highest BCUT2D eigenvalue weighted by Crippen LogP contribution is 1.77. The molecule has 0 unspecified atom stereocenters. The Balaban J connectivity index is 0. The van der Waals surface area contributed by atoms with Gasteiger partial charge < -0.3 is 14.3 Å². The van der Waals surface area contributed by atoms with E-state index in [0.29, 0.717) is 7.18 Å². The standard InChI is InChI=1S/C2HBN2O3.CH3F/c4-1-7-3(6)8-2-5;1-2/h6H;1H3. The van der Waals surface area contributed by atoms with Gasteiger partial charge in [0.05, 0.1) is 7.18 Å². The molecule has 54 valence electrons. The van der Waals surface area contributed by atoms with Crippen molar-refractivity contribution in [1.29, 1.82) is 10.5 Å². The van der Waals surface area contributed by atoms with E-state index >= 15 is 0 Å². The summed E-state index contributed by atoms with van der Waals surface area (Å²) in [6.45, 7) is 0. The zero-order valence-electron chi connectivity index (χ0n) is 5.11. The van der Waals surface area contributed by atoms with Gasteiger partial charge >= 0.3 is 7.32 Å². The fraction of sp³-hybridized carbons (Fsp3) is 0.333. The molecule has 0 aliphatic rings. The molecule has 10 heavy (non-hydrogen) atoms. The minimum atomic E-state index is -1.76. The second-order valence-corrected chi connectivity index (χ2v) is 0.725. The first-order chi connectivity index (χ1) is 4.81. The summed E-state index contributed by atoms with van der Waals surface area (Å²) in [5, 5.41) is 23.4. The number of hydrogen-bond acceptors (Lipinski definition) is 5. The van der Waals surface area contributed by atoms with Crippen LogP contribution in [0.4, 0.5) is 4.39 Å². The normalized spacial score (nSPS) is 5.30. The molecule has 0 aliphatic carbocycles. The number of halogens is 1. The predicted molar refractivity (Wildman–Crippen MR) is 28.4 cm³/mol. The summed E-state index contributed by atoms with van der Waals surface area (Å²) in [6, 6.07) is 0. The molecule has 0 heterocycles. The van der Waals surface area contributed by atoms with Crippen LogP contribution in [0.25, 0.3) is 0 Å². The molecule has 0 saturated carbocycles. The number of rotatable bonds is 2. The Kier molecular flexibility index (Phi) is 11.9. The Morgan fingerprint density at radius 3 is 1.80 bits per heavy atom. The molecule has 0 aromatic rings. The third-order valence-electron chi connectivity index (χ3n) is 0.307. The molecule has 0 spiro atoms. The number of nitriles is 2. The highest BCUT2D eigenvalue weighted by Gasteiger charge is 2.18. The van der Waals surface area contributed by atoms with Gasteiger partial charge in [0, 0.05) is 0 Å². The van der Waals surface area contributed by atoms with Crippen molar-refractivity contribution in [2.45, 2.75) is 0 Å². The van der Waals surface area contributed by atoms with E-state index in [1.165, 1.54) is 0 Å². The molecule has 0 bridgehead atoms. The van der Waals surface area contributed by atoms with Crippen molar-refractivity contribution in [3.63, 3.8) is 0 Å². The second kappa shape index (κ2) is 10.5. The zero-order chi connectivity index (χ0) is 8.41. The lowest BCUT2D eigenvalue weighted by Gasteiger charge is -1.90. The first kappa shape index (κ1) is 11.3. The maximum Gasteiger partial charge on any atom is 0.805 e. The number of hydrogen-bond donors (Lipinski definition) is 1. The highest BCUT2D eigenvalue weighted by atomic mass is 19.1. The van der Waals surface area contributed by atoms with E-state index in [9.17, 15) is 4.39 Å². The Morgan fingerprint density at radius 2 is 1.60 bits per heavy atom. The molecule has 0 aromatic carbocycles. The quantitative estimate of drug-likeness (QED) is 0.420. The molecule has 0 atom stereocenters. The molecule has 0 fully saturated rings. The minimum Gasteiger partial charge on any atom is -0.431 e. The summed E-state index contributed by atoms with van der Waals surface area (Å²) < 4.78 is 16.9. The Bertz CT molecular complexity index is 126. The summed E-state index contributed by atoms with van der Waals surface area (Å²) in [4.78, 5) is 0. The smallest absolute Gasteiger partial charge is 0.431 e. The third kappa shape index (κ3) is 9.73. The van der Waals surface area contributed by atoms with E-state index in [4.69, 9.17) is 15.5 Å². The molecule has 7 heteroatoms. The highest BCUT2D eigenvalue weighted by molar-refractivity contribution is 6.35. The molecular weight excluding hydrogens is 142 g/mol. The topological polar surface area (TPSA) is 86.3 Å². The molecule has 0 saturated heterocycles. The molecule has 5 nitrogen and oxygen atoms in total. The lowest BCUT2D eigenvalue weighted by atomic mass is 10.3. The monoisotopic (exact) mass is 146 g/mol. The average molecular weight is 146 g/mol. The van der Waals surface area contributed by atoms with Gasteiger partial charge in [-0.3, -0.25) is 4.39 Å². The van der Waals surface area contributed by atoms with E-state index in [-0.39, 0.29) is 0 Å². The summed E-state index contributed by atoms with van der Waals surface area (Å²) in [5.41, 5.74) is 0. The van der Waals surface area contributed by atoms with Crippen molar-refractivity contribution in [2.24, 2.45) is 0 Å². The number of nitrogens with zero attached hydrogens (tertiary/aromatic N) is 2. The Morgan fingerprint density at radius 1 is 1.30 bits per heavy atom. The molecule has 0 rings (SSSR count). The van der Waals surface area contributed by atoms with Crippen LogP contribution in [0.5, 0.6) is 0 Å². The van der Waals surface area contributed by atoms with Gasteiger partial charge in [0.25, 0.3) is 12.5 Å². The fourth-order valence-electron chi connectivity index (χ4n) is 0.114. The van der Waals surface area contributed by atoms with Crippen LogP contribution in [0.15, 0.2) is 0 Å². The van der Waals surface area contributed by atoms with Crippen molar-refractivity contribution in [3.05, 3.63) is 0 Å². The van der Waals surface area contributed by atoms with Crippen molar-refractivity contribution in [3.8, 4) is 12.5 Å². The van der Waals surface area contributed by atoms with E-state index < -0.39 is 7.32 Å². The third-order valence-corrected chi connectivity index (χ3v) is 0.307. The van der Waals surface area contributed by atoms with E-state index in [2.05, 4.69) is 9.31 Å². The second-order valence-electron chi connectivity index (χ2n) is 0.725. The van der Waals surface area contributed by atoms with E-state index in [1.54, 1.807) is 0 Å². The van der Waals surface area contributed by atoms with Crippen LogP contribution in [0.1, 0.15) is 0 Å². The van der Waals surface area contributed by atoms with Gasteiger partial charge in [0.15, 0.2) is 0 Å². The van der Waals surface area contributed by atoms with Crippen LogP contribution in [-0.2, 0) is 9.31 Å². The lowest BCUT2D eigenvalue weighted by molar-refractivity contribution is 0.258. The van der Waals surface area contributed by atoms with Crippen LogP contribution in [0.3, 0.4) is 0 Å². The Labute approximate surface area is 57.4 Å². The van der Waals surface area contributed by atoms with Gasteiger partial charge in [-0.25, -0.2) is 0 Å². The van der Waals surface area contributed by atoms with Gasteiger partial charge in [0.1, 0.15) is 0 Å². The number of alkyl halides is 1. The first-order valence-electron chi connectivity index (χ1n) is 1.96. The molecular formula is C3H4BFN2O3. The molecule has 1 N–H and O–H groups in total.